The van der Waals surface area contributed by atoms with E-state index in [-0.39, 0.29) is 0 Å². The normalized spacial score (nSPS) is 16.4. The van der Waals surface area contributed by atoms with Gasteiger partial charge in [0.2, 0.25) is 0 Å². The van der Waals surface area contributed by atoms with Crippen molar-refractivity contribution >= 4 is 17.4 Å². The van der Waals surface area contributed by atoms with E-state index >= 15 is 0 Å². The SMILES string of the molecule is Clc1cccc(-c2cc(N3CCCNCC3)n[nH]2)c1. The Morgan fingerprint density at radius 3 is 3.00 bits per heavy atom. The minimum Gasteiger partial charge on any atom is -0.354 e. The molecule has 100 valence electrons. The number of halogens is 1. The molecular weight excluding hydrogens is 260 g/mol. The Hall–Kier alpha value is -1.52. The van der Waals surface area contributed by atoms with E-state index in [4.69, 9.17) is 11.6 Å². The molecule has 2 aromatic rings. The number of anilines is 1. The standard InChI is InChI=1S/C14H17ClN4/c15-12-4-1-3-11(9-12)13-10-14(18-17-13)19-7-2-5-16-6-8-19/h1,3-4,9-10,16H,2,5-8H2,(H,17,18). The molecule has 0 radical (unpaired) electrons. The van der Waals surface area contributed by atoms with Gasteiger partial charge in [-0.2, -0.15) is 5.10 Å². The molecule has 1 aliphatic rings. The fourth-order valence-electron chi connectivity index (χ4n) is 2.35. The summed E-state index contributed by atoms with van der Waals surface area (Å²) in [5.41, 5.74) is 2.08. The first-order chi connectivity index (χ1) is 9.33. The molecule has 0 unspecified atom stereocenters. The van der Waals surface area contributed by atoms with Gasteiger partial charge in [0.05, 0.1) is 5.69 Å². The molecule has 3 rings (SSSR count). The van der Waals surface area contributed by atoms with Gasteiger partial charge in [0.25, 0.3) is 0 Å². The Bertz CT molecular complexity index is 544. The molecule has 1 aliphatic heterocycles. The average molecular weight is 277 g/mol. The summed E-state index contributed by atoms with van der Waals surface area (Å²) >= 11 is 6.02. The van der Waals surface area contributed by atoms with Crippen molar-refractivity contribution < 1.29 is 0 Å². The van der Waals surface area contributed by atoms with Gasteiger partial charge in [-0.25, -0.2) is 0 Å². The molecule has 1 aromatic carbocycles. The van der Waals surface area contributed by atoms with Crippen LogP contribution in [0.3, 0.4) is 0 Å². The minimum absolute atomic E-state index is 0.743. The fraction of sp³-hybridized carbons (Fsp3) is 0.357. The summed E-state index contributed by atoms with van der Waals surface area (Å²) in [5, 5.41) is 11.7. The summed E-state index contributed by atoms with van der Waals surface area (Å²) in [7, 11) is 0. The molecule has 2 N–H and O–H groups in total. The second kappa shape index (κ2) is 5.63. The molecular formula is C14H17ClN4. The van der Waals surface area contributed by atoms with Gasteiger partial charge in [-0.3, -0.25) is 5.10 Å². The van der Waals surface area contributed by atoms with Crippen molar-refractivity contribution in [2.45, 2.75) is 6.42 Å². The fourth-order valence-corrected chi connectivity index (χ4v) is 2.54. The predicted octanol–water partition coefficient (Wildman–Crippen LogP) is 2.53. The molecule has 1 saturated heterocycles. The van der Waals surface area contributed by atoms with Gasteiger partial charge >= 0.3 is 0 Å². The number of hydrogen-bond donors (Lipinski definition) is 2. The number of H-pyrrole nitrogens is 1. The number of aromatic nitrogens is 2. The van der Waals surface area contributed by atoms with Crippen LogP contribution in [0.1, 0.15) is 6.42 Å². The van der Waals surface area contributed by atoms with Crippen LogP contribution in [0.5, 0.6) is 0 Å². The number of benzene rings is 1. The van der Waals surface area contributed by atoms with E-state index in [1.807, 2.05) is 24.3 Å². The summed E-state index contributed by atoms with van der Waals surface area (Å²) < 4.78 is 0. The molecule has 1 fully saturated rings. The van der Waals surface area contributed by atoms with Crippen LogP contribution in [-0.2, 0) is 0 Å². The third-order valence-electron chi connectivity index (χ3n) is 3.36. The highest BCUT2D eigenvalue weighted by Crippen LogP contribution is 2.24. The van der Waals surface area contributed by atoms with E-state index in [1.54, 1.807) is 0 Å². The lowest BCUT2D eigenvalue weighted by Crippen LogP contribution is -2.28. The summed E-state index contributed by atoms with van der Waals surface area (Å²) in [5.74, 6) is 1.01. The third-order valence-corrected chi connectivity index (χ3v) is 3.60. The topological polar surface area (TPSA) is 44.0 Å². The van der Waals surface area contributed by atoms with Crippen LogP contribution in [-0.4, -0.2) is 36.4 Å². The highest BCUT2D eigenvalue weighted by atomic mass is 35.5. The van der Waals surface area contributed by atoms with Crippen molar-refractivity contribution in [3.63, 3.8) is 0 Å². The summed E-state index contributed by atoms with van der Waals surface area (Å²) in [6, 6.07) is 9.91. The maximum Gasteiger partial charge on any atom is 0.151 e. The first kappa shape index (κ1) is 12.5. The van der Waals surface area contributed by atoms with E-state index in [9.17, 15) is 0 Å². The largest absolute Gasteiger partial charge is 0.354 e. The van der Waals surface area contributed by atoms with Crippen molar-refractivity contribution in [3.05, 3.63) is 35.4 Å². The lowest BCUT2D eigenvalue weighted by molar-refractivity contribution is 0.724. The zero-order valence-electron chi connectivity index (χ0n) is 10.7. The molecule has 19 heavy (non-hydrogen) atoms. The van der Waals surface area contributed by atoms with Gasteiger partial charge in [-0.1, -0.05) is 23.7 Å². The average Bonchev–Trinajstić information content (AvgIpc) is 2.75. The molecule has 2 heterocycles. The van der Waals surface area contributed by atoms with E-state index in [0.717, 1.165) is 54.7 Å². The summed E-state index contributed by atoms with van der Waals surface area (Å²) in [6.45, 7) is 4.15. The Morgan fingerprint density at radius 1 is 1.16 bits per heavy atom. The van der Waals surface area contributed by atoms with Gasteiger partial charge in [-0.15, -0.1) is 0 Å². The number of hydrogen-bond acceptors (Lipinski definition) is 3. The van der Waals surface area contributed by atoms with Gasteiger partial charge in [0.15, 0.2) is 5.82 Å². The Kier molecular flexibility index (Phi) is 3.71. The van der Waals surface area contributed by atoms with Crippen molar-refractivity contribution in [1.29, 1.82) is 0 Å². The van der Waals surface area contributed by atoms with Gasteiger partial charge in [0, 0.05) is 36.3 Å². The highest BCUT2D eigenvalue weighted by Gasteiger charge is 2.13. The van der Waals surface area contributed by atoms with Crippen LogP contribution in [0.4, 0.5) is 5.82 Å². The number of aromatic amines is 1. The van der Waals surface area contributed by atoms with Gasteiger partial charge < -0.3 is 10.2 Å². The predicted molar refractivity (Wildman–Crippen MR) is 78.7 cm³/mol. The molecule has 4 nitrogen and oxygen atoms in total. The maximum absolute atomic E-state index is 6.02. The zero-order valence-corrected chi connectivity index (χ0v) is 11.5. The van der Waals surface area contributed by atoms with Crippen LogP contribution in [0.2, 0.25) is 5.02 Å². The Labute approximate surface area is 117 Å². The van der Waals surface area contributed by atoms with Crippen molar-refractivity contribution in [3.8, 4) is 11.3 Å². The Morgan fingerprint density at radius 2 is 2.11 bits per heavy atom. The smallest absolute Gasteiger partial charge is 0.151 e. The monoisotopic (exact) mass is 276 g/mol. The van der Waals surface area contributed by atoms with Crippen LogP contribution >= 0.6 is 11.6 Å². The lowest BCUT2D eigenvalue weighted by Gasteiger charge is -2.18. The number of nitrogens with zero attached hydrogens (tertiary/aromatic N) is 2. The number of rotatable bonds is 2. The van der Waals surface area contributed by atoms with E-state index in [2.05, 4.69) is 26.5 Å². The first-order valence-electron chi connectivity index (χ1n) is 6.60. The van der Waals surface area contributed by atoms with Gasteiger partial charge in [0.1, 0.15) is 0 Å². The van der Waals surface area contributed by atoms with Gasteiger partial charge in [-0.05, 0) is 25.1 Å². The maximum atomic E-state index is 6.02. The molecule has 0 bridgehead atoms. The second-order valence-corrected chi connectivity index (χ2v) is 5.18. The summed E-state index contributed by atoms with van der Waals surface area (Å²) in [4.78, 5) is 2.31. The van der Waals surface area contributed by atoms with E-state index < -0.39 is 0 Å². The molecule has 0 saturated carbocycles. The second-order valence-electron chi connectivity index (χ2n) is 4.74. The van der Waals surface area contributed by atoms with Crippen molar-refractivity contribution in [2.75, 3.05) is 31.1 Å². The summed E-state index contributed by atoms with van der Waals surface area (Å²) in [6.07, 6.45) is 1.15. The zero-order chi connectivity index (χ0) is 13.1. The van der Waals surface area contributed by atoms with Crippen molar-refractivity contribution in [2.24, 2.45) is 0 Å². The first-order valence-corrected chi connectivity index (χ1v) is 6.98. The quantitative estimate of drug-likeness (QED) is 0.886. The van der Waals surface area contributed by atoms with Crippen LogP contribution in [0.25, 0.3) is 11.3 Å². The molecule has 0 atom stereocenters. The number of nitrogens with one attached hydrogen (secondary N) is 2. The van der Waals surface area contributed by atoms with Crippen LogP contribution < -0.4 is 10.2 Å². The lowest BCUT2D eigenvalue weighted by atomic mass is 10.1. The van der Waals surface area contributed by atoms with E-state index in [0.29, 0.717) is 0 Å². The van der Waals surface area contributed by atoms with Crippen LogP contribution in [0.15, 0.2) is 30.3 Å². The minimum atomic E-state index is 0.743. The Balaban J connectivity index is 1.82. The molecule has 5 heteroatoms. The van der Waals surface area contributed by atoms with E-state index in [1.165, 1.54) is 0 Å². The van der Waals surface area contributed by atoms with Crippen LogP contribution in [0, 0.1) is 0 Å². The highest BCUT2D eigenvalue weighted by molar-refractivity contribution is 6.30. The third kappa shape index (κ3) is 2.91. The van der Waals surface area contributed by atoms with Crippen molar-refractivity contribution in [1.82, 2.24) is 15.5 Å². The molecule has 1 aromatic heterocycles. The molecule has 0 amide bonds. The molecule has 0 aliphatic carbocycles. The molecule has 0 spiro atoms.